The van der Waals surface area contributed by atoms with Gasteiger partial charge in [-0.15, -0.1) is 0 Å². The van der Waals surface area contributed by atoms with E-state index in [2.05, 4.69) is 0 Å². The number of esters is 6. The molecule has 15 nitrogen and oxygen atoms in total. The SMILES string of the molecule is Cc1ccc(S[C@@H]2OC[C@@H](O[C@@H]3O[C@H](COC(=O)c4ccccc4)[C@@H](OC(=O)c4ccccc4)[C@H](OC(=O)c4ccccc4)[C@H]3OC(=O)c3ccccc3)[C@H](OC(=O)c3ccccc3)[C@H]2OC(=O)c2ccccc2)cc1. The molecule has 76 heavy (non-hydrogen) atoms. The van der Waals surface area contributed by atoms with Crippen LogP contribution >= 0.6 is 11.8 Å². The molecule has 2 fully saturated rings. The smallest absolute Gasteiger partial charge is 0.338 e. The van der Waals surface area contributed by atoms with Gasteiger partial charge >= 0.3 is 35.8 Å². The summed E-state index contributed by atoms with van der Waals surface area (Å²) in [6, 6.07) is 55.8. The third-order valence-electron chi connectivity index (χ3n) is 12.2. The van der Waals surface area contributed by atoms with Gasteiger partial charge in [0, 0.05) is 4.90 Å². The second-order valence-electron chi connectivity index (χ2n) is 17.5. The third kappa shape index (κ3) is 13.3. The summed E-state index contributed by atoms with van der Waals surface area (Å²) in [5.41, 5.74) is 0.757. The highest BCUT2D eigenvalue weighted by atomic mass is 32.2. The van der Waals surface area contributed by atoms with Gasteiger partial charge in [0.1, 0.15) is 24.3 Å². The van der Waals surface area contributed by atoms with E-state index in [9.17, 15) is 28.8 Å². The monoisotopic (exact) mass is 1040 g/mol. The minimum absolute atomic E-state index is 0.0747. The lowest BCUT2D eigenvalue weighted by Gasteiger charge is -2.47. The molecule has 0 amide bonds. The molecule has 2 aliphatic rings. The van der Waals surface area contributed by atoms with Crippen molar-refractivity contribution in [2.24, 2.45) is 0 Å². The van der Waals surface area contributed by atoms with Gasteiger partial charge in [0.25, 0.3) is 0 Å². The molecule has 0 N–H and O–H groups in total. The van der Waals surface area contributed by atoms with Crippen LogP contribution in [0.15, 0.2) is 211 Å². The van der Waals surface area contributed by atoms with Crippen LogP contribution < -0.4 is 0 Å². The minimum atomic E-state index is -1.84. The zero-order valence-corrected chi connectivity index (χ0v) is 41.6. The molecule has 0 spiro atoms. The zero-order chi connectivity index (χ0) is 52.8. The molecular formula is C60H50O15S. The van der Waals surface area contributed by atoms with E-state index in [0.29, 0.717) is 0 Å². The van der Waals surface area contributed by atoms with Crippen LogP contribution in [-0.4, -0.2) is 103 Å². The molecule has 16 heteroatoms. The number of hydrogen-bond donors (Lipinski definition) is 0. The van der Waals surface area contributed by atoms with Gasteiger partial charge in [-0.3, -0.25) is 0 Å². The highest BCUT2D eigenvalue weighted by molar-refractivity contribution is 7.99. The lowest BCUT2D eigenvalue weighted by atomic mass is 9.97. The first-order valence-corrected chi connectivity index (χ1v) is 25.1. The summed E-state index contributed by atoms with van der Waals surface area (Å²) in [6.45, 7) is 0.942. The second-order valence-corrected chi connectivity index (χ2v) is 18.7. The first kappa shape index (κ1) is 52.5. The normalized spacial score (nSPS) is 21.9. The minimum Gasteiger partial charge on any atom is -0.459 e. The lowest BCUT2D eigenvalue weighted by molar-refractivity contribution is -0.325. The summed E-state index contributed by atoms with van der Waals surface area (Å²) in [7, 11) is 0. The van der Waals surface area contributed by atoms with Crippen LogP contribution in [0.1, 0.15) is 67.7 Å². The maximum atomic E-state index is 14.4. The Labute approximate surface area is 441 Å². The Bertz CT molecular complexity index is 3060. The Kier molecular flexibility index (Phi) is 17.4. The number of thioether (sulfide) groups is 1. The third-order valence-corrected chi connectivity index (χ3v) is 13.4. The fourth-order valence-corrected chi connectivity index (χ4v) is 9.37. The molecule has 0 radical (unpaired) electrons. The average Bonchev–Trinajstić information content (AvgIpc) is 3.49. The predicted molar refractivity (Wildman–Crippen MR) is 275 cm³/mol. The summed E-state index contributed by atoms with van der Waals surface area (Å²) in [5.74, 6) is -5.11. The van der Waals surface area contributed by atoms with Crippen molar-refractivity contribution in [2.75, 3.05) is 13.2 Å². The number of hydrogen-bond acceptors (Lipinski definition) is 16. The molecule has 0 saturated carbocycles. The Morgan fingerprint density at radius 2 is 0.776 bits per heavy atom. The van der Waals surface area contributed by atoms with Crippen LogP contribution in [-0.2, 0) is 42.6 Å². The molecule has 386 valence electrons. The van der Waals surface area contributed by atoms with Crippen LogP contribution in [0.25, 0.3) is 0 Å². The molecule has 7 aromatic rings. The molecule has 2 saturated heterocycles. The average molecular weight is 1040 g/mol. The van der Waals surface area contributed by atoms with Crippen LogP contribution in [0.4, 0.5) is 0 Å². The van der Waals surface area contributed by atoms with Crippen molar-refractivity contribution >= 4 is 47.6 Å². The van der Waals surface area contributed by atoms with Crippen LogP contribution in [0.5, 0.6) is 0 Å². The van der Waals surface area contributed by atoms with E-state index in [0.717, 1.165) is 10.5 Å². The lowest BCUT2D eigenvalue weighted by Crippen LogP contribution is -2.65. The predicted octanol–water partition coefficient (Wildman–Crippen LogP) is 9.54. The number of carbonyl (C=O) groups is 6. The van der Waals surface area contributed by atoms with Crippen molar-refractivity contribution in [3.63, 3.8) is 0 Å². The molecule has 7 aromatic carbocycles. The van der Waals surface area contributed by atoms with Gasteiger partial charge in [0.2, 0.25) is 0 Å². The Balaban J connectivity index is 1.15. The highest BCUT2D eigenvalue weighted by Gasteiger charge is 2.56. The van der Waals surface area contributed by atoms with Crippen molar-refractivity contribution in [1.82, 2.24) is 0 Å². The second kappa shape index (κ2) is 25.2. The van der Waals surface area contributed by atoms with Crippen LogP contribution in [0, 0.1) is 6.92 Å². The fraction of sp³-hybridized carbons (Fsp3) is 0.200. The highest BCUT2D eigenvalue weighted by Crippen LogP contribution is 2.39. The van der Waals surface area contributed by atoms with Gasteiger partial charge in [-0.25, -0.2) is 28.8 Å². The van der Waals surface area contributed by atoms with Crippen LogP contribution in [0.2, 0.25) is 0 Å². The Morgan fingerprint density at radius 3 is 1.20 bits per heavy atom. The van der Waals surface area contributed by atoms with E-state index in [4.69, 9.17) is 42.6 Å². The number of aryl methyl sites for hydroxylation is 1. The van der Waals surface area contributed by atoms with E-state index >= 15 is 0 Å². The van der Waals surface area contributed by atoms with Crippen molar-refractivity contribution in [3.8, 4) is 0 Å². The fourth-order valence-electron chi connectivity index (χ4n) is 8.32. The summed E-state index contributed by atoms with van der Waals surface area (Å²) >= 11 is 1.22. The van der Waals surface area contributed by atoms with Gasteiger partial charge in [-0.1, -0.05) is 139 Å². The first-order valence-electron chi connectivity index (χ1n) is 24.3. The number of ether oxygens (including phenoxy) is 9. The van der Waals surface area contributed by atoms with Gasteiger partial charge < -0.3 is 42.6 Å². The van der Waals surface area contributed by atoms with E-state index in [1.807, 2.05) is 31.2 Å². The maximum absolute atomic E-state index is 14.4. The molecule has 0 unspecified atom stereocenters. The van der Waals surface area contributed by atoms with Gasteiger partial charge in [0.05, 0.1) is 40.0 Å². The molecule has 9 rings (SSSR count). The van der Waals surface area contributed by atoms with E-state index < -0.39 is 96.9 Å². The summed E-state index contributed by atoms with van der Waals surface area (Å²) < 4.78 is 57.4. The van der Waals surface area contributed by atoms with Gasteiger partial charge in [-0.05, 0) is 91.9 Å². The standard InChI is InChI=1S/C60H50O15S/c1-38-32-34-45(35-33-38)76-60-52(75-58(66)44-30-18-7-19-31-44)49(72-55(63)41-24-12-4-13-25-41)47(37-68-60)70-59-51(74-57(65)43-28-16-6-17-29-43)50(73-56(64)42-26-14-5-15-27-42)48(71-54(62)40-22-10-3-11-23-40)46(69-59)36-67-53(61)39-20-8-2-9-21-39/h2-35,46-52,59-60H,36-37H2,1H3/t46-,47-,48-,49+,50+,51-,52-,59+,60+/m1/s1. The quantitative estimate of drug-likeness (QED) is 0.0620. The van der Waals surface area contributed by atoms with Crippen LogP contribution in [0.3, 0.4) is 0 Å². The Morgan fingerprint density at radius 1 is 0.421 bits per heavy atom. The molecule has 2 heterocycles. The molecule has 0 aliphatic carbocycles. The van der Waals surface area contributed by atoms with E-state index in [-0.39, 0.29) is 40.0 Å². The van der Waals surface area contributed by atoms with Gasteiger partial charge in [-0.2, -0.15) is 0 Å². The van der Waals surface area contributed by atoms with Crippen molar-refractivity contribution in [2.45, 2.75) is 66.3 Å². The maximum Gasteiger partial charge on any atom is 0.338 e. The first-order chi connectivity index (χ1) is 37.1. The van der Waals surface area contributed by atoms with Crippen molar-refractivity contribution in [3.05, 3.63) is 245 Å². The van der Waals surface area contributed by atoms with Crippen molar-refractivity contribution in [1.29, 1.82) is 0 Å². The largest absolute Gasteiger partial charge is 0.459 e. The molecule has 0 bridgehead atoms. The Hall–Kier alpha value is -8.41. The molecule has 2 aliphatic heterocycles. The van der Waals surface area contributed by atoms with Crippen molar-refractivity contribution < 1.29 is 71.4 Å². The number of benzene rings is 7. The number of rotatable bonds is 17. The molecular weight excluding hydrogens is 993 g/mol. The van der Waals surface area contributed by atoms with E-state index in [1.54, 1.807) is 133 Å². The topological polar surface area (TPSA) is 185 Å². The zero-order valence-electron chi connectivity index (χ0n) is 40.8. The molecule has 9 atom stereocenters. The summed E-state index contributed by atoms with van der Waals surface area (Å²) in [4.78, 5) is 85.7. The number of carbonyl (C=O) groups excluding carboxylic acids is 6. The van der Waals surface area contributed by atoms with E-state index in [1.165, 1.54) is 60.3 Å². The summed E-state index contributed by atoms with van der Waals surface area (Å²) in [5, 5.41) is 0. The van der Waals surface area contributed by atoms with Gasteiger partial charge in [0.15, 0.2) is 36.8 Å². The summed E-state index contributed by atoms with van der Waals surface area (Å²) in [6.07, 6.45) is -13.0. The molecule has 0 aromatic heterocycles.